The number of nitrogens with zero attached hydrogens (tertiary/aromatic N) is 3. The van der Waals surface area contributed by atoms with Crippen molar-refractivity contribution < 1.29 is 37.4 Å². The number of rotatable bonds is 7. The van der Waals surface area contributed by atoms with E-state index in [0.717, 1.165) is 11.3 Å². The summed E-state index contributed by atoms with van der Waals surface area (Å²) in [5.41, 5.74) is 1.67. The summed E-state index contributed by atoms with van der Waals surface area (Å²) in [4.78, 5) is 42.5. The number of ether oxygens (including phenoxy) is 1. The molecule has 1 aromatic heterocycles. The maximum atomic E-state index is 13.2. The molecular formula is C25H29Cl2F3N4O5. The Morgan fingerprint density at radius 3 is 2.13 bits per heavy atom. The van der Waals surface area contributed by atoms with E-state index in [-0.39, 0.29) is 24.2 Å². The van der Waals surface area contributed by atoms with E-state index in [1.165, 1.54) is 0 Å². The third-order valence-electron chi connectivity index (χ3n) is 5.76. The number of carbonyl (C=O) groups excluding carboxylic acids is 2. The van der Waals surface area contributed by atoms with Crippen LogP contribution in [0.1, 0.15) is 19.4 Å². The number of benzene rings is 1. The van der Waals surface area contributed by atoms with Crippen LogP contribution >= 0.6 is 23.2 Å². The lowest BCUT2D eigenvalue weighted by Crippen LogP contribution is -2.56. The van der Waals surface area contributed by atoms with Gasteiger partial charge in [-0.2, -0.15) is 13.2 Å². The van der Waals surface area contributed by atoms with Crippen LogP contribution < -0.4 is 15.0 Å². The molecule has 1 aliphatic rings. The largest absolute Gasteiger partial charge is 0.495 e. The maximum Gasteiger partial charge on any atom is 0.490 e. The first kappa shape index (κ1) is 32.0. The molecule has 1 fully saturated rings. The molecule has 1 aliphatic heterocycles. The topological polar surface area (TPSA) is 112 Å². The molecule has 1 saturated heterocycles. The molecule has 3 rings (SSSR count). The minimum atomic E-state index is -5.08. The fourth-order valence-corrected chi connectivity index (χ4v) is 4.21. The molecule has 14 heteroatoms. The summed E-state index contributed by atoms with van der Waals surface area (Å²) in [6.45, 7) is 6.16. The SMILES string of the molecule is COc1cc(Cl)c(N2CCN(C(=O)[C@H](NC(=O)Cc3ccncc3)C(C)C)CC2)cc1Cl.O=C(O)C(F)(F)F. The number of hydrogen-bond acceptors (Lipinski definition) is 6. The fraction of sp³-hybridized carbons (Fsp3) is 0.440. The van der Waals surface area contributed by atoms with Gasteiger partial charge in [0.05, 0.1) is 29.3 Å². The zero-order chi connectivity index (χ0) is 29.3. The highest BCUT2D eigenvalue weighted by atomic mass is 35.5. The number of aliphatic carboxylic acids is 1. The monoisotopic (exact) mass is 592 g/mol. The number of carboxylic acids is 1. The predicted molar refractivity (Wildman–Crippen MR) is 140 cm³/mol. The van der Waals surface area contributed by atoms with Gasteiger partial charge in [-0.25, -0.2) is 4.79 Å². The normalized spacial score (nSPS) is 14.3. The summed E-state index contributed by atoms with van der Waals surface area (Å²) in [7, 11) is 1.54. The number of aromatic nitrogens is 1. The summed E-state index contributed by atoms with van der Waals surface area (Å²) in [6, 6.07) is 6.50. The Kier molecular flexibility index (Phi) is 11.7. The summed E-state index contributed by atoms with van der Waals surface area (Å²) in [5.74, 6) is -2.51. The number of halogens is 5. The quantitative estimate of drug-likeness (QED) is 0.498. The Labute approximate surface area is 233 Å². The van der Waals surface area contributed by atoms with Crippen molar-refractivity contribution in [3.05, 3.63) is 52.3 Å². The van der Waals surface area contributed by atoms with Gasteiger partial charge < -0.3 is 25.0 Å². The lowest BCUT2D eigenvalue weighted by molar-refractivity contribution is -0.192. The average molecular weight is 593 g/mol. The average Bonchev–Trinajstić information content (AvgIpc) is 2.88. The second-order valence-electron chi connectivity index (χ2n) is 8.87. The summed E-state index contributed by atoms with van der Waals surface area (Å²) < 4.78 is 36.9. The molecule has 0 aliphatic carbocycles. The van der Waals surface area contributed by atoms with Gasteiger partial charge >= 0.3 is 12.1 Å². The number of amides is 2. The third kappa shape index (κ3) is 9.47. The molecule has 2 N–H and O–H groups in total. The first-order valence-corrected chi connectivity index (χ1v) is 12.5. The Morgan fingerprint density at radius 2 is 1.64 bits per heavy atom. The van der Waals surface area contributed by atoms with E-state index in [0.29, 0.717) is 42.0 Å². The van der Waals surface area contributed by atoms with Crippen LogP contribution in [0.4, 0.5) is 18.9 Å². The van der Waals surface area contributed by atoms with Gasteiger partial charge in [-0.1, -0.05) is 37.0 Å². The molecule has 0 radical (unpaired) electrons. The highest BCUT2D eigenvalue weighted by Crippen LogP contribution is 2.36. The highest BCUT2D eigenvalue weighted by Gasteiger charge is 2.38. The zero-order valence-electron chi connectivity index (χ0n) is 21.5. The van der Waals surface area contributed by atoms with Crippen LogP contribution in [0.25, 0.3) is 0 Å². The van der Waals surface area contributed by atoms with Crippen molar-refractivity contribution in [3.8, 4) is 5.75 Å². The van der Waals surface area contributed by atoms with Crippen molar-refractivity contribution in [2.24, 2.45) is 5.92 Å². The molecule has 1 aromatic carbocycles. The van der Waals surface area contributed by atoms with E-state index in [4.69, 9.17) is 37.8 Å². The van der Waals surface area contributed by atoms with Crippen LogP contribution in [0, 0.1) is 5.92 Å². The van der Waals surface area contributed by atoms with E-state index >= 15 is 0 Å². The molecule has 2 amide bonds. The number of carboxylic acid groups (broad SMARTS) is 1. The number of nitrogens with one attached hydrogen (secondary N) is 1. The lowest BCUT2D eigenvalue weighted by atomic mass is 10.0. The smallest absolute Gasteiger partial charge is 0.490 e. The summed E-state index contributed by atoms with van der Waals surface area (Å²) in [6.07, 6.45) is -1.58. The summed E-state index contributed by atoms with van der Waals surface area (Å²) >= 11 is 12.7. The predicted octanol–water partition coefficient (Wildman–Crippen LogP) is 4.06. The van der Waals surface area contributed by atoms with Gasteiger partial charge in [0, 0.05) is 44.6 Å². The van der Waals surface area contributed by atoms with Crippen molar-refractivity contribution >= 4 is 46.7 Å². The van der Waals surface area contributed by atoms with Crippen LogP contribution in [0.5, 0.6) is 5.75 Å². The molecule has 0 unspecified atom stereocenters. The van der Waals surface area contributed by atoms with Crippen LogP contribution in [-0.4, -0.2) is 78.3 Å². The minimum absolute atomic E-state index is 0.0308. The van der Waals surface area contributed by atoms with Gasteiger partial charge in [0.15, 0.2) is 0 Å². The summed E-state index contributed by atoms with van der Waals surface area (Å²) in [5, 5.41) is 11.1. The third-order valence-corrected chi connectivity index (χ3v) is 6.36. The lowest BCUT2D eigenvalue weighted by Gasteiger charge is -2.38. The van der Waals surface area contributed by atoms with Crippen LogP contribution in [-0.2, 0) is 20.8 Å². The first-order chi connectivity index (χ1) is 18.2. The van der Waals surface area contributed by atoms with Crippen LogP contribution in [0.3, 0.4) is 0 Å². The molecule has 0 spiro atoms. The molecule has 0 bridgehead atoms. The zero-order valence-corrected chi connectivity index (χ0v) is 23.0. The number of carbonyl (C=O) groups is 3. The van der Waals surface area contributed by atoms with Crippen LogP contribution in [0.2, 0.25) is 10.0 Å². The van der Waals surface area contributed by atoms with Gasteiger partial charge in [-0.3, -0.25) is 14.6 Å². The molecule has 9 nitrogen and oxygen atoms in total. The number of methoxy groups -OCH3 is 1. The molecule has 2 heterocycles. The number of anilines is 1. The van der Waals surface area contributed by atoms with Crippen molar-refractivity contribution in [2.45, 2.75) is 32.5 Å². The maximum absolute atomic E-state index is 13.2. The van der Waals surface area contributed by atoms with E-state index in [2.05, 4.69) is 15.2 Å². The Balaban J connectivity index is 0.000000673. The Bertz CT molecular complexity index is 1140. The van der Waals surface area contributed by atoms with E-state index in [9.17, 15) is 22.8 Å². The van der Waals surface area contributed by atoms with Gasteiger partial charge in [0.1, 0.15) is 11.8 Å². The standard InChI is InChI=1S/C23H28Cl2N4O3.C2HF3O2/c1-15(2)22(27-21(30)12-16-4-6-26-7-5-16)23(31)29-10-8-28(9-11-29)19-13-18(25)20(32-3)14-17(19)24;3-2(4,5)1(6)7/h4-7,13-15,22H,8-12H2,1-3H3,(H,27,30);(H,6,7)/t22-;/m1./s1. The number of piperazine rings is 1. The molecule has 0 saturated carbocycles. The van der Waals surface area contributed by atoms with Crippen molar-refractivity contribution in [3.63, 3.8) is 0 Å². The van der Waals surface area contributed by atoms with Gasteiger partial charge in [-0.15, -0.1) is 0 Å². The van der Waals surface area contributed by atoms with Crippen molar-refractivity contribution in [1.82, 2.24) is 15.2 Å². The second kappa shape index (κ2) is 14.2. The first-order valence-electron chi connectivity index (χ1n) is 11.8. The van der Waals surface area contributed by atoms with E-state index in [1.807, 2.05) is 13.8 Å². The highest BCUT2D eigenvalue weighted by molar-refractivity contribution is 6.36. The Hall–Kier alpha value is -3.25. The Morgan fingerprint density at radius 1 is 1.08 bits per heavy atom. The van der Waals surface area contributed by atoms with Crippen molar-refractivity contribution in [1.29, 1.82) is 0 Å². The van der Waals surface area contributed by atoms with Gasteiger partial charge in [-0.05, 0) is 29.7 Å². The number of pyridine rings is 1. The second-order valence-corrected chi connectivity index (χ2v) is 9.69. The fourth-order valence-electron chi connectivity index (χ4n) is 3.71. The molecule has 214 valence electrons. The van der Waals surface area contributed by atoms with Gasteiger partial charge in [0.2, 0.25) is 11.8 Å². The van der Waals surface area contributed by atoms with Gasteiger partial charge in [0.25, 0.3) is 0 Å². The number of alkyl halides is 3. The molecule has 39 heavy (non-hydrogen) atoms. The van der Waals surface area contributed by atoms with Crippen molar-refractivity contribution in [2.75, 3.05) is 38.2 Å². The molecular weight excluding hydrogens is 564 g/mol. The minimum Gasteiger partial charge on any atom is -0.495 e. The molecule has 2 aromatic rings. The van der Waals surface area contributed by atoms with Crippen LogP contribution in [0.15, 0.2) is 36.7 Å². The number of hydrogen-bond donors (Lipinski definition) is 2. The molecule has 1 atom stereocenters. The van der Waals surface area contributed by atoms with E-state index in [1.54, 1.807) is 48.7 Å². The van der Waals surface area contributed by atoms with E-state index < -0.39 is 18.2 Å².